The minimum Gasteiger partial charge on any atom is -0.490 e. The molecule has 1 unspecified atom stereocenters. The van der Waals surface area contributed by atoms with Gasteiger partial charge in [0.15, 0.2) is 0 Å². The molecule has 2 heterocycles. The fourth-order valence-corrected chi connectivity index (χ4v) is 4.80. The van der Waals surface area contributed by atoms with Crippen LogP contribution in [0.15, 0.2) is 23.1 Å². The number of benzene rings is 1. The number of rotatable bonds is 6. The van der Waals surface area contributed by atoms with Crippen LogP contribution in [-0.2, 0) is 21.2 Å². The van der Waals surface area contributed by atoms with Gasteiger partial charge < -0.3 is 15.2 Å². The maximum Gasteiger partial charge on any atom is 0.243 e. The number of halogens is 1. The third-order valence-electron chi connectivity index (χ3n) is 4.61. The number of hydrogen-bond donors (Lipinski definition) is 1. The van der Waals surface area contributed by atoms with Crippen LogP contribution in [0.5, 0.6) is 5.75 Å². The predicted molar refractivity (Wildman–Crippen MR) is 98.9 cm³/mol. The van der Waals surface area contributed by atoms with E-state index in [1.54, 1.807) is 22.5 Å². The lowest BCUT2D eigenvalue weighted by Gasteiger charge is -2.31. The van der Waals surface area contributed by atoms with E-state index < -0.39 is 10.0 Å². The van der Waals surface area contributed by atoms with E-state index in [-0.39, 0.29) is 24.6 Å². The molecular formula is C17H27ClN2O4S. The summed E-state index contributed by atoms with van der Waals surface area (Å²) in [5, 5.41) is 0. The number of nitrogens with zero attached hydrogens (tertiary/aromatic N) is 1. The molecule has 0 spiro atoms. The molecule has 2 aliphatic rings. The summed E-state index contributed by atoms with van der Waals surface area (Å²) in [4.78, 5) is 0.362. The van der Waals surface area contributed by atoms with Crippen molar-refractivity contribution in [1.82, 2.24) is 4.31 Å². The van der Waals surface area contributed by atoms with Crippen molar-refractivity contribution >= 4 is 22.4 Å². The van der Waals surface area contributed by atoms with Gasteiger partial charge in [-0.15, -0.1) is 12.4 Å². The molecule has 142 valence electrons. The van der Waals surface area contributed by atoms with Gasteiger partial charge in [-0.2, -0.15) is 4.31 Å². The standard InChI is InChI=1S/C17H26N2O4S.ClH/c1-13-11-14-12-16(3-4-17(14)23-13)24(20,21)19-8-5-15(6-9-19)22-10-2-7-18;/h3-4,12-13,15H,2,5-11,18H2,1H3;1H. The van der Waals surface area contributed by atoms with Gasteiger partial charge in [-0.3, -0.25) is 0 Å². The van der Waals surface area contributed by atoms with Crippen LogP contribution in [0.2, 0.25) is 0 Å². The zero-order valence-corrected chi connectivity index (χ0v) is 16.2. The van der Waals surface area contributed by atoms with Crippen LogP contribution in [0.4, 0.5) is 0 Å². The van der Waals surface area contributed by atoms with E-state index in [1.165, 1.54) is 0 Å². The van der Waals surface area contributed by atoms with Crippen molar-refractivity contribution in [2.75, 3.05) is 26.2 Å². The first kappa shape index (κ1) is 20.5. The van der Waals surface area contributed by atoms with Crippen LogP contribution in [0.25, 0.3) is 0 Å². The molecule has 25 heavy (non-hydrogen) atoms. The Morgan fingerprint density at radius 3 is 2.72 bits per heavy atom. The molecule has 1 saturated heterocycles. The first-order valence-electron chi connectivity index (χ1n) is 8.62. The summed E-state index contributed by atoms with van der Waals surface area (Å²) in [6.45, 7) is 4.26. The highest BCUT2D eigenvalue weighted by molar-refractivity contribution is 7.89. The van der Waals surface area contributed by atoms with Crippen molar-refractivity contribution in [3.63, 3.8) is 0 Å². The second-order valence-electron chi connectivity index (χ2n) is 6.52. The molecule has 1 aromatic carbocycles. The van der Waals surface area contributed by atoms with Crippen molar-refractivity contribution in [3.05, 3.63) is 23.8 Å². The maximum absolute atomic E-state index is 12.9. The third-order valence-corrected chi connectivity index (χ3v) is 6.50. The van der Waals surface area contributed by atoms with Gasteiger partial charge in [-0.25, -0.2) is 8.42 Å². The summed E-state index contributed by atoms with van der Waals surface area (Å²) < 4.78 is 38.7. The van der Waals surface area contributed by atoms with E-state index in [9.17, 15) is 8.42 Å². The maximum atomic E-state index is 12.9. The van der Waals surface area contributed by atoms with E-state index in [4.69, 9.17) is 15.2 Å². The Balaban J connectivity index is 0.00000225. The monoisotopic (exact) mass is 390 g/mol. The zero-order valence-electron chi connectivity index (χ0n) is 14.5. The molecule has 3 rings (SSSR count). The highest BCUT2D eigenvalue weighted by atomic mass is 35.5. The zero-order chi connectivity index (χ0) is 17.2. The Bertz CT molecular complexity index is 675. The molecule has 1 fully saturated rings. The smallest absolute Gasteiger partial charge is 0.243 e. The van der Waals surface area contributed by atoms with Crippen LogP contribution >= 0.6 is 12.4 Å². The van der Waals surface area contributed by atoms with Gasteiger partial charge in [0.25, 0.3) is 0 Å². The second kappa shape index (κ2) is 8.68. The van der Waals surface area contributed by atoms with Crippen LogP contribution in [0.3, 0.4) is 0 Å². The Morgan fingerprint density at radius 1 is 1.32 bits per heavy atom. The molecule has 2 aliphatic heterocycles. The van der Waals surface area contributed by atoms with Gasteiger partial charge in [0.1, 0.15) is 11.9 Å². The van der Waals surface area contributed by atoms with Crippen LogP contribution in [-0.4, -0.2) is 51.2 Å². The summed E-state index contributed by atoms with van der Waals surface area (Å²) in [5.41, 5.74) is 6.43. The topological polar surface area (TPSA) is 81.9 Å². The third kappa shape index (κ3) is 4.65. The first-order chi connectivity index (χ1) is 11.5. The lowest BCUT2D eigenvalue weighted by Crippen LogP contribution is -2.41. The lowest BCUT2D eigenvalue weighted by molar-refractivity contribution is 0.0209. The average molecular weight is 391 g/mol. The van der Waals surface area contributed by atoms with Gasteiger partial charge in [0.2, 0.25) is 10.0 Å². The second-order valence-corrected chi connectivity index (χ2v) is 8.46. The molecule has 0 aromatic heterocycles. The van der Waals surface area contributed by atoms with Crippen LogP contribution in [0, 0.1) is 0 Å². The van der Waals surface area contributed by atoms with Gasteiger partial charge >= 0.3 is 0 Å². The van der Waals surface area contributed by atoms with E-state index >= 15 is 0 Å². The van der Waals surface area contributed by atoms with E-state index in [0.29, 0.717) is 31.1 Å². The Kier molecular flexibility index (Phi) is 7.10. The van der Waals surface area contributed by atoms with E-state index in [2.05, 4.69) is 0 Å². The van der Waals surface area contributed by atoms with Gasteiger partial charge in [-0.1, -0.05) is 0 Å². The number of piperidine rings is 1. The first-order valence-corrected chi connectivity index (χ1v) is 10.1. The lowest BCUT2D eigenvalue weighted by atomic mass is 10.1. The van der Waals surface area contributed by atoms with Crippen molar-refractivity contribution < 1.29 is 17.9 Å². The van der Waals surface area contributed by atoms with Crippen molar-refractivity contribution in [2.24, 2.45) is 5.73 Å². The SMILES string of the molecule is CC1Cc2cc(S(=O)(=O)N3CCC(OCCCN)CC3)ccc2O1.Cl. The van der Waals surface area contributed by atoms with Crippen LogP contribution < -0.4 is 10.5 Å². The number of hydrogen-bond acceptors (Lipinski definition) is 5. The van der Waals surface area contributed by atoms with Gasteiger partial charge in [0.05, 0.1) is 11.0 Å². The molecule has 1 aromatic rings. The van der Waals surface area contributed by atoms with Gasteiger partial charge in [-0.05, 0) is 56.5 Å². The van der Waals surface area contributed by atoms with E-state index in [0.717, 1.165) is 37.0 Å². The number of fused-ring (bicyclic) bond motifs is 1. The van der Waals surface area contributed by atoms with Crippen molar-refractivity contribution in [2.45, 2.75) is 49.7 Å². The number of sulfonamides is 1. The Morgan fingerprint density at radius 2 is 2.04 bits per heavy atom. The average Bonchev–Trinajstić information content (AvgIpc) is 2.94. The molecule has 0 aliphatic carbocycles. The van der Waals surface area contributed by atoms with Crippen molar-refractivity contribution in [3.8, 4) is 5.75 Å². The summed E-state index contributed by atoms with van der Waals surface area (Å²) in [5.74, 6) is 0.800. The Hall–Kier alpha value is -0.860. The number of nitrogens with two attached hydrogens (primary N) is 1. The summed E-state index contributed by atoms with van der Waals surface area (Å²) >= 11 is 0. The molecule has 2 N–H and O–H groups in total. The fraction of sp³-hybridized carbons (Fsp3) is 0.647. The minimum atomic E-state index is -3.45. The largest absolute Gasteiger partial charge is 0.490 e. The van der Waals surface area contributed by atoms with Gasteiger partial charge in [0, 0.05) is 26.1 Å². The quantitative estimate of drug-likeness (QED) is 0.751. The molecular weight excluding hydrogens is 364 g/mol. The van der Waals surface area contributed by atoms with E-state index in [1.807, 2.05) is 6.92 Å². The summed E-state index contributed by atoms with van der Waals surface area (Å²) in [6.07, 6.45) is 3.31. The summed E-state index contributed by atoms with van der Waals surface area (Å²) in [7, 11) is -3.45. The Labute approximate surface area is 156 Å². The van der Waals surface area contributed by atoms with Crippen LogP contribution in [0.1, 0.15) is 31.7 Å². The minimum absolute atomic E-state index is 0. The molecule has 6 nitrogen and oxygen atoms in total. The molecule has 0 radical (unpaired) electrons. The molecule has 0 amide bonds. The fourth-order valence-electron chi connectivity index (χ4n) is 3.28. The highest BCUT2D eigenvalue weighted by Gasteiger charge is 2.31. The van der Waals surface area contributed by atoms with Crippen molar-refractivity contribution in [1.29, 1.82) is 0 Å². The number of ether oxygens (including phenoxy) is 2. The normalized spacial score (nSPS) is 21.4. The highest BCUT2D eigenvalue weighted by Crippen LogP contribution is 2.32. The summed E-state index contributed by atoms with van der Waals surface area (Å²) in [6, 6.07) is 5.18. The molecule has 0 bridgehead atoms. The molecule has 0 saturated carbocycles. The predicted octanol–water partition coefficient (Wildman–Crippen LogP) is 1.95. The molecule has 8 heteroatoms. The molecule has 1 atom stereocenters.